The van der Waals surface area contributed by atoms with Crippen molar-refractivity contribution in [3.8, 4) is 34.1 Å². The van der Waals surface area contributed by atoms with Crippen LogP contribution < -0.4 is 0 Å². The standard InChI is InChI=1S/C24H22N6O2S/c1-4-30-22(18-13-9-8-10-15(18)2)26-28-24(30)33-14-19-25-27-23(31-19)20-16(3)32-29-21(20)17-11-6-5-7-12-17/h5-13H,4,14H2,1-3H3. The van der Waals surface area contributed by atoms with Crippen LogP contribution in [0.5, 0.6) is 0 Å². The van der Waals surface area contributed by atoms with Crippen molar-refractivity contribution in [2.45, 2.75) is 38.2 Å². The van der Waals surface area contributed by atoms with Gasteiger partial charge in [0.1, 0.15) is 17.0 Å². The van der Waals surface area contributed by atoms with E-state index in [9.17, 15) is 0 Å². The smallest absolute Gasteiger partial charge is 0.253 e. The molecular formula is C24H22N6O2S. The predicted octanol–water partition coefficient (Wildman–Crippen LogP) is 5.58. The topological polar surface area (TPSA) is 95.7 Å². The van der Waals surface area contributed by atoms with E-state index in [1.807, 2.05) is 49.4 Å². The van der Waals surface area contributed by atoms with Crippen molar-refractivity contribution in [2.24, 2.45) is 0 Å². The first-order valence-corrected chi connectivity index (χ1v) is 11.6. The number of thioether (sulfide) groups is 1. The van der Waals surface area contributed by atoms with Gasteiger partial charge in [0, 0.05) is 17.7 Å². The molecule has 0 saturated heterocycles. The van der Waals surface area contributed by atoms with E-state index in [0.717, 1.165) is 34.2 Å². The van der Waals surface area contributed by atoms with Gasteiger partial charge in [-0.2, -0.15) is 0 Å². The molecule has 0 N–H and O–H groups in total. The first kappa shape index (κ1) is 21.1. The summed E-state index contributed by atoms with van der Waals surface area (Å²) >= 11 is 1.52. The maximum Gasteiger partial charge on any atom is 0.253 e. The van der Waals surface area contributed by atoms with Gasteiger partial charge >= 0.3 is 0 Å². The van der Waals surface area contributed by atoms with Gasteiger partial charge in [-0.25, -0.2) is 0 Å². The van der Waals surface area contributed by atoms with Crippen molar-refractivity contribution in [3.05, 3.63) is 71.8 Å². The van der Waals surface area contributed by atoms with Gasteiger partial charge in [0.2, 0.25) is 5.89 Å². The summed E-state index contributed by atoms with van der Waals surface area (Å²) in [6, 6.07) is 18.0. The van der Waals surface area contributed by atoms with Crippen LogP contribution in [0.1, 0.15) is 24.1 Å². The number of benzene rings is 2. The lowest BCUT2D eigenvalue weighted by Crippen LogP contribution is -2.00. The third-order valence-electron chi connectivity index (χ3n) is 5.33. The summed E-state index contributed by atoms with van der Waals surface area (Å²) in [4.78, 5) is 0. The molecule has 3 heterocycles. The SMILES string of the molecule is CCn1c(SCc2nnc(-c3c(-c4ccccc4)noc3C)o2)nnc1-c1ccccc1C. The van der Waals surface area contributed by atoms with E-state index in [2.05, 4.69) is 56.1 Å². The van der Waals surface area contributed by atoms with E-state index >= 15 is 0 Å². The summed E-state index contributed by atoms with van der Waals surface area (Å²) in [5.41, 5.74) is 4.57. The lowest BCUT2D eigenvalue weighted by molar-refractivity contribution is 0.399. The third kappa shape index (κ3) is 4.07. The Kier molecular flexibility index (Phi) is 5.78. The van der Waals surface area contributed by atoms with Gasteiger partial charge in [-0.1, -0.05) is 71.5 Å². The molecule has 0 fully saturated rings. The molecule has 0 spiro atoms. The number of aryl methyl sites for hydroxylation is 2. The molecule has 8 nitrogen and oxygen atoms in total. The summed E-state index contributed by atoms with van der Waals surface area (Å²) in [6.07, 6.45) is 0. The fourth-order valence-electron chi connectivity index (χ4n) is 3.66. The van der Waals surface area contributed by atoms with Crippen molar-refractivity contribution in [3.63, 3.8) is 0 Å². The van der Waals surface area contributed by atoms with E-state index in [1.54, 1.807) is 0 Å². The molecule has 5 aromatic rings. The zero-order chi connectivity index (χ0) is 22.8. The fourth-order valence-corrected chi connectivity index (χ4v) is 4.50. The molecule has 9 heteroatoms. The minimum Gasteiger partial charge on any atom is -0.420 e. The van der Waals surface area contributed by atoms with Crippen LogP contribution in [0.25, 0.3) is 34.1 Å². The highest BCUT2D eigenvalue weighted by molar-refractivity contribution is 7.98. The Bertz CT molecular complexity index is 1390. The molecule has 2 aromatic carbocycles. The molecule has 0 radical (unpaired) electrons. The van der Waals surface area contributed by atoms with Crippen molar-refractivity contribution in [1.29, 1.82) is 0 Å². The van der Waals surface area contributed by atoms with Gasteiger partial charge in [0.25, 0.3) is 5.89 Å². The van der Waals surface area contributed by atoms with Crippen LogP contribution in [0.4, 0.5) is 0 Å². The van der Waals surface area contributed by atoms with Crippen LogP contribution in [0.2, 0.25) is 0 Å². The van der Waals surface area contributed by atoms with Gasteiger partial charge in [-0.05, 0) is 26.3 Å². The predicted molar refractivity (Wildman–Crippen MR) is 125 cm³/mol. The van der Waals surface area contributed by atoms with Crippen molar-refractivity contribution >= 4 is 11.8 Å². The number of nitrogens with zero attached hydrogens (tertiary/aromatic N) is 6. The molecule has 0 aliphatic rings. The second-order valence-electron chi connectivity index (χ2n) is 7.48. The fraction of sp³-hybridized carbons (Fsp3) is 0.208. The Labute approximate surface area is 195 Å². The summed E-state index contributed by atoms with van der Waals surface area (Å²) in [5, 5.41) is 22.3. The van der Waals surface area contributed by atoms with Crippen molar-refractivity contribution < 1.29 is 8.94 Å². The highest BCUT2D eigenvalue weighted by atomic mass is 32.2. The molecular weight excluding hydrogens is 436 g/mol. The van der Waals surface area contributed by atoms with Crippen molar-refractivity contribution in [2.75, 3.05) is 0 Å². The molecule has 0 aliphatic heterocycles. The van der Waals surface area contributed by atoms with Crippen molar-refractivity contribution in [1.82, 2.24) is 30.1 Å². The average molecular weight is 459 g/mol. The number of hydrogen-bond donors (Lipinski definition) is 0. The summed E-state index contributed by atoms with van der Waals surface area (Å²) in [6.45, 7) is 6.76. The zero-order valence-electron chi connectivity index (χ0n) is 18.5. The number of rotatable bonds is 7. The molecule has 0 aliphatic carbocycles. The highest BCUT2D eigenvalue weighted by Gasteiger charge is 2.22. The maximum absolute atomic E-state index is 5.98. The number of aromatic nitrogens is 6. The van der Waals surface area contributed by atoms with Gasteiger partial charge in [-0.15, -0.1) is 20.4 Å². The Morgan fingerprint density at radius 3 is 2.48 bits per heavy atom. The molecule has 0 bridgehead atoms. The summed E-state index contributed by atoms with van der Waals surface area (Å²) in [5.74, 6) is 2.85. The molecule has 0 saturated carbocycles. The molecule has 166 valence electrons. The van der Waals surface area contributed by atoms with E-state index in [1.165, 1.54) is 11.8 Å². The Morgan fingerprint density at radius 1 is 0.909 bits per heavy atom. The molecule has 33 heavy (non-hydrogen) atoms. The summed E-state index contributed by atoms with van der Waals surface area (Å²) in [7, 11) is 0. The van der Waals surface area contributed by atoms with E-state index in [0.29, 0.717) is 34.6 Å². The van der Waals surface area contributed by atoms with Crippen LogP contribution in [-0.4, -0.2) is 30.1 Å². The first-order valence-electron chi connectivity index (χ1n) is 10.6. The molecule has 0 atom stereocenters. The highest BCUT2D eigenvalue weighted by Crippen LogP contribution is 2.34. The van der Waals surface area contributed by atoms with Crippen LogP contribution in [0.3, 0.4) is 0 Å². The largest absolute Gasteiger partial charge is 0.420 e. The number of hydrogen-bond acceptors (Lipinski definition) is 8. The third-order valence-corrected chi connectivity index (χ3v) is 6.29. The van der Waals surface area contributed by atoms with E-state index in [4.69, 9.17) is 8.94 Å². The monoisotopic (exact) mass is 458 g/mol. The minimum atomic E-state index is 0.390. The van der Waals surface area contributed by atoms with Crippen LogP contribution in [-0.2, 0) is 12.3 Å². The maximum atomic E-state index is 5.98. The van der Waals surface area contributed by atoms with Crippen LogP contribution in [0.15, 0.2) is 68.7 Å². The zero-order valence-corrected chi connectivity index (χ0v) is 19.3. The second kappa shape index (κ2) is 9.03. The lowest BCUT2D eigenvalue weighted by Gasteiger charge is -2.08. The lowest BCUT2D eigenvalue weighted by atomic mass is 10.1. The van der Waals surface area contributed by atoms with Crippen LogP contribution >= 0.6 is 11.8 Å². The molecule has 5 rings (SSSR count). The minimum absolute atomic E-state index is 0.390. The quantitative estimate of drug-likeness (QED) is 0.292. The van der Waals surface area contributed by atoms with Crippen LogP contribution in [0, 0.1) is 13.8 Å². The van der Waals surface area contributed by atoms with Gasteiger partial charge in [-0.3, -0.25) is 0 Å². The average Bonchev–Trinajstić information content (AvgIpc) is 3.56. The second-order valence-corrected chi connectivity index (χ2v) is 8.43. The molecule has 0 amide bonds. The molecule has 0 unspecified atom stereocenters. The summed E-state index contributed by atoms with van der Waals surface area (Å²) < 4.78 is 13.5. The van der Waals surface area contributed by atoms with Gasteiger partial charge in [0.15, 0.2) is 11.0 Å². The Balaban J connectivity index is 1.38. The first-order chi connectivity index (χ1) is 16.2. The van der Waals surface area contributed by atoms with Gasteiger partial charge in [0.05, 0.1) is 5.75 Å². The van der Waals surface area contributed by atoms with Gasteiger partial charge < -0.3 is 13.5 Å². The Hall–Kier alpha value is -3.72. The molecule has 3 aromatic heterocycles. The normalized spacial score (nSPS) is 11.2. The Morgan fingerprint density at radius 2 is 1.70 bits per heavy atom. The van der Waals surface area contributed by atoms with E-state index < -0.39 is 0 Å². The van der Waals surface area contributed by atoms with E-state index in [-0.39, 0.29) is 0 Å².